The second kappa shape index (κ2) is 7.55. The van der Waals surface area contributed by atoms with Crippen molar-refractivity contribution < 1.29 is 9.47 Å². The zero-order valence-electron chi connectivity index (χ0n) is 17.7. The molecular weight excluding hydrogens is 444 g/mol. The van der Waals surface area contributed by atoms with Gasteiger partial charge in [-0.2, -0.15) is 4.98 Å². The highest BCUT2D eigenvalue weighted by Gasteiger charge is 2.42. The molecular formula is C24H25ClN4O2S. The Morgan fingerprint density at radius 2 is 1.44 bits per heavy atom. The largest absolute Gasteiger partial charge is 0.377 e. The highest BCUT2D eigenvalue weighted by atomic mass is 35.5. The van der Waals surface area contributed by atoms with Crippen molar-refractivity contribution in [1.82, 2.24) is 9.97 Å². The van der Waals surface area contributed by atoms with Crippen LogP contribution < -0.4 is 9.80 Å². The number of fused-ring (bicyclic) bond motifs is 5. The van der Waals surface area contributed by atoms with Gasteiger partial charge in [0.15, 0.2) is 0 Å². The number of hydrogen-bond acceptors (Lipinski definition) is 7. The number of thiophene rings is 1. The summed E-state index contributed by atoms with van der Waals surface area (Å²) in [6, 6.07) is 9.58. The first-order valence-corrected chi connectivity index (χ1v) is 12.8. The van der Waals surface area contributed by atoms with E-state index in [-0.39, 0.29) is 0 Å². The molecule has 0 N–H and O–H groups in total. The molecule has 4 atom stereocenters. The van der Waals surface area contributed by atoms with Gasteiger partial charge < -0.3 is 19.3 Å². The summed E-state index contributed by atoms with van der Waals surface area (Å²) in [6.45, 7) is 3.08. The lowest BCUT2D eigenvalue weighted by Gasteiger charge is -2.38. The number of halogens is 1. The number of anilines is 2. The lowest BCUT2D eigenvalue weighted by molar-refractivity contribution is 0.0889. The molecule has 0 radical (unpaired) electrons. The molecule has 0 spiro atoms. The van der Waals surface area contributed by atoms with Crippen LogP contribution in [0.2, 0.25) is 5.02 Å². The molecule has 0 amide bonds. The van der Waals surface area contributed by atoms with E-state index in [4.69, 9.17) is 31.0 Å². The molecule has 4 unspecified atom stereocenters. The molecule has 1 aromatic carbocycles. The summed E-state index contributed by atoms with van der Waals surface area (Å²) in [5, 5.41) is 4.09. The Balaban J connectivity index is 1.44. The first-order valence-electron chi connectivity index (χ1n) is 11.5. The van der Waals surface area contributed by atoms with Gasteiger partial charge in [-0.05, 0) is 31.7 Å². The van der Waals surface area contributed by atoms with E-state index in [0.29, 0.717) is 24.2 Å². The molecule has 8 heteroatoms. The first-order chi connectivity index (χ1) is 15.8. The van der Waals surface area contributed by atoms with Gasteiger partial charge in [-0.1, -0.05) is 29.8 Å². The Morgan fingerprint density at radius 1 is 0.812 bits per heavy atom. The SMILES string of the molecule is Clc1ccccc1-c1csc2nc(N3C4CCC3COC4)nc(N3C4CCC3COC4)c12. The van der Waals surface area contributed by atoms with E-state index in [2.05, 4.69) is 21.2 Å². The number of morpholine rings is 2. The fraction of sp³-hybridized carbons (Fsp3) is 0.500. The van der Waals surface area contributed by atoms with E-state index in [1.807, 2.05) is 18.2 Å². The first kappa shape index (κ1) is 19.5. The maximum Gasteiger partial charge on any atom is 0.229 e. The Kier molecular flexibility index (Phi) is 4.61. The summed E-state index contributed by atoms with van der Waals surface area (Å²) < 4.78 is 11.7. The average molecular weight is 469 g/mol. The average Bonchev–Trinajstić information content (AvgIpc) is 3.42. The molecule has 2 aromatic heterocycles. The van der Waals surface area contributed by atoms with Gasteiger partial charge in [-0.25, -0.2) is 4.98 Å². The van der Waals surface area contributed by atoms with Gasteiger partial charge in [0.05, 0.1) is 56.0 Å². The zero-order chi connectivity index (χ0) is 21.2. The van der Waals surface area contributed by atoms with Crippen LogP contribution in [-0.4, -0.2) is 60.6 Å². The van der Waals surface area contributed by atoms with Crippen molar-refractivity contribution in [3.63, 3.8) is 0 Å². The third-order valence-electron chi connectivity index (χ3n) is 7.52. The molecule has 3 aromatic rings. The molecule has 166 valence electrons. The van der Waals surface area contributed by atoms with Crippen LogP contribution in [0.15, 0.2) is 29.6 Å². The Hall–Kier alpha value is -1.93. The number of ether oxygens (including phenoxy) is 2. The van der Waals surface area contributed by atoms with Gasteiger partial charge in [-0.15, -0.1) is 11.3 Å². The van der Waals surface area contributed by atoms with Crippen molar-refractivity contribution in [3.8, 4) is 11.1 Å². The number of aromatic nitrogens is 2. The lowest BCUT2D eigenvalue weighted by atomic mass is 10.1. The summed E-state index contributed by atoms with van der Waals surface area (Å²) in [6.07, 6.45) is 4.61. The number of benzene rings is 1. The van der Waals surface area contributed by atoms with Crippen LogP contribution >= 0.6 is 22.9 Å². The van der Waals surface area contributed by atoms with Gasteiger partial charge in [0.2, 0.25) is 5.95 Å². The molecule has 0 saturated carbocycles. The van der Waals surface area contributed by atoms with Gasteiger partial charge in [0.1, 0.15) is 10.6 Å². The van der Waals surface area contributed by atoms with Crippen molar-refractivity contribution in [2.45, 2.75) is 49.9 Å². The van der Waals surface area contributed by atoms with Crippen LogP contribution in [0.1, 0.15) is 25.7 Å². The molecule has 4 fully saturated rings. The van der Waals surface area contributed by atoms with E-state index < -0.39 is 0 Å². The van der Waals surface area contributed by atoms with Crippen molar-refractivity contribution in [3.05, 3.63) is 34.7 Å². The molecule has 7 rings (SSSR count). The fourth-order valence-electron chi connectivity index (χ4n) is 6.02. The van der Waals surface area contributed by atoms with E-state index in [1.165, 1.54) is 0 Å². The molecule has 4 saturated heterocycles. The van der Waals surface area contributed by atoms with Crippen molar-refractivity contribution in [2.24, 2.45) is 0 Å². The van der Waals surface area contributed by atoms with Crippen LogP contribution in [0.4, 0.5) is 11.8 Å². The van der Waals surface area contributed by atoms with Crippen LogP contribution in [0.3, 0.4) is 0 Å². The number of nitrogens with zero attached hydrogens (tertiary/aromatic N) is 4. The van der Waals surface area contributed by atoms with Crippen LogP contribution in [-0.2, 0) is 9.47 Å². The van der Waals surface area contributed by atoms with Gasteiger partial charge in [-0.3, -0.25) is 0 Å². The topological polar surface area (TPSA) is 50.7 Å². The molecule has 6 heterocycles. The minimum atomic E-state index is 0.375. The summed E-state index contributed by atoms with van der Waals surface area (Å²) in [4.78, 5) is 16.4. The monoisotopic (exact) mass is 468 g/mol. The van der Waals surface area contributed by atoms with E-state index in [0.717, 1.165) is 90.2 Å². The predicted octanol–water partition coefficient (Wildman–Crippen LogP) is 4.75. The molecule has 4 bridgehead atoms. The van der Waals surface area contributed by atoms with Crippen LogP contribution in [0.25, 0.3) is 21.3 Å². The van der Waals surface area contributed by atoms with Gasteiger partial charge in [0, 0.05) is 21.5 Å². The van der Waals surface area contributed by atoms with E-state index in [1.54, 1.807) is 11.3 Å². The number of hydrogen-bond donors (Lipinski definition) is 0. The standard InChI is InChI=1S/C24H25ClN4O2S/c25-20-4-2-1-3-18(20)19-13-32-23-21(19)22(28-14-5-6-15(28)10-30-9-14)26-24(27-23)29-16-7-8-17(29)12-31-11-16/h1-4,13-17H,5-12H2. The Bertz CT molecular complexity index is 1150. The van der Waals surface area contributed by atoms with E-state index >= 15 is 0 Å². The highest BCUT2D eigenvalue weighted by molar-refractivity contribution is 7.17. The Labute approximate surface area is 196 Å². The third-order valence-corrected chi connectivity index (χ3v) is 8.72. The Morgan fingerprint density at radius 3 is 2.09 bits per heavy atom. The van der Waals surface area contributed by atoms with Crippen molar-refractivity contribution >= 4 is 44.9 Å². The van der Waals surface area contributed by atoms with E-state index in [9.17, 15) is 0 Å². The number of rotatable bonds is 3. The summed E-state index contributed by atoms with van der Waals surface area (Å²) >= 11 is 8.33. The van der Waals surface area contributed by atoms with Crippen LogP contribution in [0.5, 0.6) is 0 Å². The van der Waals surface area contributed by atoms with Crippen molar-refractivity contribution in [1.29, 1.82) is 0 Å². The van der Waals surface area contributed by atoms with Gasteiger partial charge >= 0.3 is 0 Å². The molecule has 0 aliphatic carbocycles. The summed E-state index contributed by atoms with van der Waals surface area (Å²) in [5.41, 5.74) is 2.18. The molecule has 6 nitrogen and oxygen atoms in total. The smallest absolute Gasteiger partial charge is 0.229 e. The molecule has 4 aliphatic rings. The summed E-state index contributed by atoms with van der Waals surface area (Å²) in [5.74, 6) is 1.92. The minimum Gasteiger partial charge on any atom is -0.377 e. The maximum atomic E-state index is 6.63. The minimum absolute atomic E-state index is 0.375. The third kappa shape index (κ3) is 2.91. The fourth-order valence-corrected chi connectivity index (χ4v) is 7.19. The lowest BCUT2D eigenvalue weighted by Crippen LogP contribution is -2.48. The second-order valence-electron chi connectivity index (χ2n) is 9.32. The van der Waals surface area contributed by atoms with Crippen molar-refractivity contribution in [2.75, 3.05) is 36.2 Å². The predicted molar refractivity (Wildman–Crippen MR) is 128 cm³/mol. The maximum absolute atomic E-state index is 6.63. The quantitative estimate of drug-likeness (QED) is 0.553. The van der Waals surface area contributed by atoms with Crippen LogP contribution in [0, 0.1) is 0 Å². The zero-order valence-corrected chi connectivity index (χ0v) is 19.3. The normalized spacial score (nSPS) is 29.3. The highest BCUT2D eigenvalue weighted by Crippen LogP contribution is 2.45. The molecule has 4 aliphatic heterocycles. The summed E-state index contributed by atoms with van der Waals surface area (Å²) in [7, 11) is 0. The van der Waals surface area contributed by atoms with Gasteiger partial charge in [0.25, 0.3) is 0 Å². The second-order valence-corrected chi connectivity index (χ2v) is 10.6. The molecule has 32 heavy (non-hydrogen) atoms.